The van der Waals surface area contributed by atoms with Crippen LogP contribution in [0.2, 0.25) is 5.02 Å². The molecule has 1 N–H and O–H groups in total. The molecule has 5 heteroatoms. The number of ether oxygens (including phenoxy) is 2. The molecule has 2 rings (SSSR count). The van der Waals surface area contributed by atoms with Crippen LogP contribution in [-0.2, 0) is 13.2 Å². The van der Waals surface area contributed by atoms with Crippen molar-refractivity contribution in [2.45, 2.75) is 40.3 Å². The molecule has 2 aromatic carbocycles. The van der Waals surface area contributed by atoms with Gasteiger partial charge in [-0.15, -0.1) is 0 Å². The number of hydrogen-bond donors (Lipinski definition) is 1. The Labute approximate surface area is 160 Å². The van der Waals surface area contributed by atoms with Crippen LogP contribution in [0.25, 0.3) is 0 Å². The van der Waals surface area contributed by atoms with E-state index in [0.29, 0.717) is 42.2 Å². The van der Waals surface area contributed by atoms with Gasteiger partial charge in [0.2, 0.25) is 0 Å². The second-order valence-corrected chi connectivity index (χ2v) is 7.01. The first-order valence-corrected chi connectivity index (χ1v) is 9.40. The number of hydrogen-bond acceptors (Lipinski definition) is 3. The van der Waals surface area contributed by atoms with Crippen molar-refractivity contribution in [3.05, 3.63) is 58.4 Å². The van der Waals surface area contributed by atoms with Gasteiger partial charge in [0.25, 0.3) is 0 Å². The highest BCUT2D eigenvalue weighted by Crippen LogP contribution is 2.34. The van der Waals surface area contributed by atoms with E-state index in [-0.39, 0.29) is 5.82 Å². The van der Waals surface area contributed by atoms with E-state index in [9.17, 15) is 4.39 Å². The van der Waals surface area contributed by atoms with E-state index < -0.39 is 0 Å². The lowest BCUT2D eigenvalue weighted by molar-refractivity contribution is 0.269. The Kier molecular flexibility index (Phi) is 8.20. The van der Waals surface area contributed by atoms with E-state index in [1.54, 1.807) is 18.2 Å². The average molecular weight is 380 g/mol. The molecule has 3 nitrogen and oxygen atoms in total. The summed E-state index contributed by atoms with van der Waals surface area (Å²) in [5.74, 6) is 1.66. The van der Waals surface area contributed by atoms with Gasteiger partial charge in [-0.1, -0.05) is 37.6 Å². The summed E-state index contributed by atoms with van der Waals surface area (Å²) in [6, 6.07) is 9.94. The molecule has 0 aliphatic heterocycles. The number of rotatable bonds is 10. The van der Waals surface area contributed by atoms with Crippen molar-refractivity contribution in [2.75, 3.05) is 13.2 Å². The normalized spacial score (nSPS) is 11.0. The van der Waals surface area contributed by atoms with E-state index >= 15 is 0 Å². The summed E-state index contributed by atoms with van der Waals surface area (Å²) in [5.41, 5.74) is 1.86. The first-order valence-electron chi connectivity index (χ1n) is 9.02. The Morgan fingerprint density at radius 3 is 2.42 bits per heavy atom. The van der Waals surface area contributed by atoms with E-state index in [2.05, 4.69) is 19.2 Å². The molecule has 0 saturated carbocycles. The molecule has 142 valence electrons. The van der Waals surface area contributed by atoms with Gasteiger partial charge in [-0.05, 0) is 55.1 Å². The smallest absolute Gasteiger partial charge is 0.163 e. The topological polar surface area (TPSA) is 30.5 Å². The zero-order chi connectivity index (χ0) is 18.9. The number of nitrogens with one attached hydrogen (secondary N) is 1. The molecule has 0 saturated heterocycles. The van der Waals surface area contributed by atoms with Crippen molar-refractivity contribution in [2.24, 2.45) is 5.92 Å². The highest BCUT2D eigenvalue weighted by Gasteiger charge is 2.11. The van der Waals surface area contributed by atoms with E-state index in [1.807, 2.05) is 13.0 Å². The molecule has 0 radical (unpaired) electrons. The number of benzene rings is 2. The highest BCUT2D eigenvalue weighted by molar-refractivity contribution is 6.31. The zero-order valence-electron chi connectivity index (χ0n) is 15.6. The molecule has 0 amide bonds. The Balaban J connectivity index is 2.05. The van der Waals surface area contributed by atoms with E-state index in [1.165, 1.54) is 12.1 Å². The van der Waals surface area contributed by atoms with Crippen LogP contribution >= 0.6 is 11.6 Å². The van der Waals surface area contributed by atoms with E-state index in [4.69, 9.17) is 21.1 Å². The first-order chi connectivity index (χ1) is 12.5. The Morgan fingerprint density at radius 1 is 1.08 bits per heavy atom. The molecule has 26 heavy (non-hydrogen) atoms. The summed E-state index contributed by atoms with van der Waals surface area (Å²) >= 11 is 6.42. The van der Waals surface area contributed by atoms with Crippen LogP contribution in [0.5, 0.6) is 11.5 Å². The third-order valence-electron chi connectivity index (χ3n) is 3.93. The minimum atomic E-state index is -0.263. The van der Waals surface area contributed by atoms with Crippen molar-refractivity contribution in [3.8, 4) is 11.5 Å². The third kappa shape index (κ3) is 6.50. The molecule has 0 unspecified atom stereocenters. The monoisotopic (exact) mass is 379 g/mol. The second kappa shape index (κ2) is 10.4. The summed E-state index contributed by atoms with van der Waals surface area (Å²) < 4.78 is 24.6. The lowest BCUT2D eigenvalue weighted by Gasteiger charge is -2.15. The van der Waals surface area contributed by atoms with Gasteiger partial charge in [-0.2, -0.15) is 0 Å². The SMILES string of the molecule is CCOc1cc(CNCCC(C)C)c(Cl)cc1OCc1ccc(F)cc1. The maximum atomic E-state index is 13.0. The van der Waals surface area contributed by atoms with Crippen LogP contribution in [0.4, 0.5) is 4.39 Å². The predicted octanol–water partition coefficient (Wildman–Crippen LogP) is 5.59. The largest absolute Gasteiger partial charge is 0.490 e. The van der Waals surface area contributed by atoms with Crippen molar-refractivity contribution in [1.29, 1.82) is 0 Å². The van der Waals surface area contributed by atoms with Gasteiger partial charge in [-0.3, -0.25) is 0 Å². The van der Waals surface area contributed by atoms with Crippen molar-refractivity contribution < 1.29 is 13.9 Å². The minimum Gasteiger partial charge on any atom is -0.490 e. The lowest BCUT2D eigenvalue weighted by atomic mass is 10.1. The van der Waals surface area contributed by atoms with Crippen LogP contribution < -0.4 is 14.8 Å². The van der Waals surface area contributed by atoms with Crippen LogP contribution in [0.1, 0.15) is 38.3 Å². The van der Waals surface area contributed by atoms with Gasteiger partial charge in [0, 0.05) is 17.6 Å². The lowest BCUT2D eigenvalue weighted by Crippen LogP contribution is -2.16. The van der Waals surface area contributed by atoms with Gasteiger partial charge < -0.3 is 14.8 Å². The Morgan fingerprint density at radius 2 is 1.77 bits per heavy atom. The quantitative estimate of drug-likeness (QED) is 0.545. The molecular formula is C21H27ClFNO2. The molecule has 0 heterocycles. The van der Waals surface area contributed by atoms with Crippen molar-refractivity contribution in [1.82, 2.24) is 5.32 Å². The van der Waals surface area contributed by atoms with Gasteiger partial charge in [0.1, 0.15) is 12.4 Å². The third-order valence-corrected chi connectivity index (χ3v) is 4.29. The van der Waals surface area contributed by atoms with Crippen LogP contribution in [-0.4, -0.2) is 13.2 Å². The summed E-state index contributed by atoms with van der Waals surface area (Å²) in [4.78, 5) is 0. The minimum absolute atomic E-state index is 0.263. The summed E-state index contributed by atoms with van der Waals surface area (Å²) in [5, 5.41) is 4.05. The molecule has 0 bridgehead atoms. The standard InChI is InChI=1S/C21H27ClFNO2/c1-4-25-20-11-17(13-24-10-9-15(2)3)19(22)12-21(20)26-14-16-5-7-18(23)8-6-16/h5-8,11-12,15,24H,4,9-10,13-14H2,1-3H3. The number of halogens is 2. The van der Waals surface area contributed by atoms with Crippen LogP contribution in [0.15, 0.2) is 36.4 Å². The fourth-order valence-corrected chi connectivity index (χ4v) is 2.67. The van der Waals surface area contributed by atoms with Crippen molar-refractivity contribution >= 4 is 11.6 Å². The maximum Gasteiger partial charge on any atom is 0.163 e. The van der Waals surface area contributed by atoms with Crippen LogP contribution in [0, 0.1) is 11.7 Å². The molecule has 0 aromatic heterocycles. The molecule has 0 aliphatic rings. The van der Waals surface area contributed by atoms with E-state index in [0.717, 1.165) is 24.1 Å². The Hall–Kier alpha value is -1.78. The van der Waals surface area contributed by atoms with Gasteiger partial charge in [-0.25, -0.2) is 4.39 Å². The van der Waals surface area contributed by atoms with Crippen LogP contribution in [0.3, 0.4) is 0 Å². The second-order valence-electron chi connectivity index (χ2n) is 6.60. The molecule has 0 spiro atoms. The molecule has 0 fully saturated rings. The molecular weight excluding hydrogens is 353 g/mol. The average Bonchev–Trinajstić information content (AvgIpc) is 2.61. The predicted molar refractivity (Wildman–Crippen MR) is 105 cm³/mol. The van der Waals surface area contributed by atoms with Gasteiger partial charge >= 0.3 is 0 Å². The highest BCUT2D eigenvalue weighted by atomic mass is 35.5. The summed E-state index contributed by atoms with van der Waals surface area (Å²) in [6.07, 6.45) is 1.12. The van der Waals surface area contributed by atoms with Gasteiger partial charge in [0.05, 0.1) is 6.61 Å². The zero-order valence-corrected chi connectivity index (χ0v) is 16.4. The van der Waals surface area contributed by atoms with Gasteiger partial charge in [0.15, 0.2) is 11.5 Å². The summed E-state index contributed by atoms with van der Waals surface area (Å²) in [7, 11) is 0. The molecule has 2 aromatic rings. The van der Waals surface area contributed by atoms with Crippen molar-refractivity contribution in [3.63, 3.8) is 0 Å². The summed E-state index contributed by atoms with van der Waals surface area (Å²) in [6.45, 7) is 8.82. The molecule has 0 aliphatic carbocycles. The maximum absolute atomic E-state index is 13.0. The molecule has 0 atom stereocenters. The first kappa shape index (κ1) is 20.5. The fourth-order valence-electron chi connectivity index (χ4n) is 2.45. The fraction of sp³-hybridized carbons (Fsp3) is 0.429. The Bertz CT molecular complexity index is 689.